The number of carbonyl (C=O) groups excluding carboxylic acids is 2. The van der Waals surface area contributed by atoms with Crippen molar-refractivity contribution in [3.05, 3.63) is 69.7 Å². The Hall–Kier alpha value is -2.13. The van der Waals surface area contributed by atoms with Crippen LogP contribution in [-0.4, -0.2) is 17.9 Å². The van der Waals surface area contributed by atoms with E-state index in [9.17, 15) is 9.59 Å². The number of esters is 1. The lowest BCUT2D eigenvalue weighted by molar-refractivity contribution is 0.0318. The molecule has 0 unspecified atom stereocenters. The minimum Gasteiger partial charge on any atom is -0.451 e. The van der Waals surface area contributed by atoms with Crippen LogP contribution in [0.4, 0.5) is 0 Å². The van der Waals surface area contributed by atoms with Gasteiger partial charge in [0.1, 0.15) is 0 Å². The molecule has 1 aliphatic carbocycles. The summed E-state index contributed by atoms with van der Waals surface area (Å²) in [4.78, 5) is 24.7. The van der Waals surface area contributed by atoms with E-state index in [0.717, 1.165) is 19.3 Å². The maximum atomic E-state index is 12.3. The van der Waals surface area contributed by atoms with E-state index in [-0.39, 0.29) is 5.78 Å². The Balaban J connectivity index is 1.69. The summed E-state index contributed by atoms with van der Waals surface area (Å²) in [6, 6.07) is 12.2. The van der Waals surface area contributed by atoms with Gasteiger partial charge >= 0.3 is 5.97 Å². The van der Waals surface area contributed by atoms with Crippen molar-refractivity contribution in [2.24, 2.45) is 0 Å². The van der Waals surface area contributed by atoms with Crippen LogP contribution in [-0.2, 0) is 17.6 Å². The number of hydrogen-bond acceptors (Lipinski definition) is 3. The molecule has 3 rings (SSSR count). The number of ketones is 1. The molecule has 0 radical (unpaired) electrons. The topological polar surface area (TPSA) is 43.4 Å². The minimum absolute atomic E-state index is 0.238. The molecule has 4 heteroatoms. The van der Waals surface area contributed by atoms with E-state index in [1.807, 2.05) is 12.1 Å². The monoisotopic (exact) mass is 342 g/mol. The van der Waals surface area contributed by atoms with Crippen molar-refractivity contribution >= 4 is 23.4 Å². The van der Waals surface area contributed by atoms with E-state index in [1.165, 1.54) is 17.5 Å². The lowest BCUT2D eigenvalue weighted by atomic mass is 9.90. The number of fused-ring (bicyclic) bond motifs is 1. The molecule has 1 aliphatic rings. The lowest BCUT2D eigenvalue weighted by Gasteiger charge is -2.17. The van der Waals surface area contributed by atoms with E-state index in [0.29, 0.717) is 16.1 Å². The van der Waals surface area contributed by atoms with E-state index >= 15 is 0 Å². The largest absolute Gasteiger partial charge is 0.451 e. The second-order valence-electron chi connectivity index (χ2n) is 6.11. The van der Waals surface area contributed by atoms with Crippen molar-refractivity contribution in [3.63, 3.8) is 0 Å². The number of hydrogen-bond donors (Lipinski definition) is 0. The molecule has 2 aromatic rings. The lowest BCUT2D eigenvalue weighted by Crippen LogP contribution is -2.24. The summed E-state index contributed by atoms with van der Waals surface area (Å²) in [5.41, 5.74) is 3.51. The molecule has 0 bridgehead atoms. The third kappa shape index (κ3) is 3.68. The number of rotatable bonds is 4. The molecule has 0 aliphatic heterocycles. The van der Waals surface area contributed by atoms with Crippen LogP contribution >= 0.6 is 11.6 Å². The number of aryl methyl sites for hydroxylation is 2. The molecule has 124 valence electrons. The van der Waals surface area contributed by atoms with Crippen LogP contribution in [0.5, 0.6) is 0 Å². The maximum absolute atomic E-state index is 12.3. The second kappa shape index (κ2) is 7.18. The van der Waals surface area contributed by atoms with Gasteiger partial charge in [0.15, 0.2) is 6.10 Å². The molecule has 0 spiro atoms. The van der Waals surface area contributed by atoms with Gasteiger partial charge in [-0.2, -0.15) is 0 Å². The molecule has 1 atom stereocenters. The first kappa shape index (κ1) is 16.7. The fourth-order valence-electron chi connectivity index (χ4n) is 2.99. The zero-order valence-electron chi connectivity index (χ0n) is 13.5. The van der Waals surface area contributed by atoms with Crippen LogP contribution in [0, 0.1) is 0 Å². The average molecular weight is 343 g/mol. The van der Waals surface area contributed by atoms with Crippen molar-refractivity contribution in [3.8, 4) is 0 Å². The van der Waals surface area contributed by atoms with Gasteiger partial charge in [-0.15, -0.1) is 0 Å². The normalized spacial score (nSPS) is 14.6. The Bertz CT molecular complexity index is 765. The minimum atomic E-state index is -0.838. The van der Waals surface area contributed by atoms with Crippen LogP contribution in [0.15, 0.2) is 42.5 Å². The summed E-state index contributed by atoms with van der Waals surface area (Å²) < 4.78 is 5.35. The van der Waals surface area contributed by atoms with Crippen molar-refractivity contribution in [1.82, 2.24) is 0 Å². The average Bonchev–Trinajstić information content (AvgIpc) is 2.61. The first-order valence-corrected chi connectivity index (χ1v) is 8.55. The van der Waals surface area contributed by atoms with Gasteiger partial charge in [-0.25, -0.2) is 4.79 Å². The molecule has 0 saturated carbocycles. The highest BCUT2D eigenvalue weighted by Crippen LogP contribution is 2.23. The zero-order valence-corrected chi connectivity index (χ0v) is 14.3. The molecule has 0 saturated heterocycles. The maximum Gasteiger partial charge on any atom is 0.338 e. The fraction of sp³-hybridized carbons (Fsp3) is 0.300. The number of ether oxygens (including phenoxy) is 1. The number of Topliss-reactive ketones (excluding diaryl/α,β-unsaturated/α-hetero) is 1. The summed E-state index contributed by atoms with van der Waals surface area (Å²) in [5.74, 6) is -0.698. The Morgan fingerprint density at radius 2 is 1.58 bits per heavy atom. The van der Waals surface area contributed by atoms with Gasteiger partial charge in [-0.1, -0.05) is 17.7 Å². The van der Waals surface area contributed by atoms with Gasteiger partial charge in [0.05, 0.1) is 5.56 Å². The third-order valence-electron chi connectivity index (χ3n) is 4.37. The molecule has 0 heterocycles. The van der Waals surface area contributed by atoms with Crippen molar-refractivity contribution in [1.29, 1.82) is 0 Å². The second-order valence-corrected chi connectivity index (χ2v) is 6.55. The van der Waals surface area contributed by atoms with Gasteiger partial charge in [0.25, 0.3) is 0 Å². The quantitative estimate of drug-likeness (QED) is 0.600. The van der Waals surface area contributed by atoms with Crippen LogP contribution in [0.1, 0.15) is 51.6 Å². The summed E-state index contributed by atoms with van der Waals surface area (Å²) in [6.07, 6.45) is 3.57. The van der Waals surface area contributed by atoms with Gasteiger partial charge in [0.2, 0.25) is 5.78 Å². The van der Waals surface area contributed by atoms with Crippen LogP contribution in [0.25, 0.3) is 0 Å². The van der Waals surface area contributed by atoms with Crippen molar-refractivity contribution in [2.75, 3.05) is 0 Å². The molecule has 0 aromatic heterocycles. The Morgan fingerprint density at radius 1 is 0.958 bits per heavy atom. The summed E-state index contributed by atoms with van der Waals surface area (Å²) in [5, 5.41) is 0.560. The predicted molar refractivity (Wildman–Crippen MR) is 93.7 cm³/mol. The zero-order chi connectivity index (χ0) is 17.1. The number of benzene rings is 2. The van der Waals surface area contributed by atoms with E-state index in [2.05, 4.69) is 0 Å². The predicted octanol–water partition coefficient (Wildman–Crippen LogP) is 4.65. The molecule has 0 fully saturated rings. The first-order valence-electron chi connectivity index (χ1n) is 8.17. The molecular weight excluding hydrogens is 324 g/mol. The summed E-state index contributed by atoms with van der Waals surface area (Å²) >= 11 is 5.82. The smallest absolute Gasteiger partial charge is 0.338 e. The molecular formula is C20H19ClO3. The number of halogens is 1. The highest BCUT2D eigenvalue weighted by atomic mass is 35.5. The summed E-state index contributed by atoms with van der Waals surface area (Å²) in [7, 11) is 0. The van der Waals surface area contributed by atoms with Gasteiger partial charge in [0, 0.05) is 10.6 Å². The first-order chi connectivity index (χ1) is 11.5. The van der Waals surface area contributed by atoms with E-state index in [4.69, 9.17) is 16.3 Å². The van der Waals surface area contributed by atoms with Gasteiger partial charge in [-0.3, -0.25) is 4.79 Å². The summed E-state index contributed by atoms with van der Waals surface area (Å²) in [6.45, 7) is 1.59. The fourth-order valence-corrected chi connectivity index (χ4v) is 3.12. The molecule has 0 N–H and O–H groups in total. The van der Waals surface area contributed by atoms with Gasteiger partial charge < -0.3 is 4.74 Å². The molecule has 0 amide bonds. The van der Waals surface area contributed by atoms with Crippen LogP contribution in [0.2, 0.25) is 5.02 Å². The Labute approximate surface area is 146 Å². The molecule has 2 aromatic carbocycles. The highest BCUT2D eigenvalue weighted by molar-refractivity contribution is 6.30. The third-order valence-corrected chi connectivity index (χ3v) is 4.62. The van der Waals surface area contributed by atoms with Crippen LogP contribution in [0.3, 0.4) is 0 Å². The number of carbonyl (C=O) groups is 2. The Kier molecular flexibility index (Phi) is 5.00. The Morgan fingerprint density at radius 3 is 2.29 bits per heavy atom. The van der Waals surface area contributed by atoms with E-state index in [1.54, 1.807) is 37.3 Å². The van der Waals surface area contributed by atoms with Crippen molar-refractivity contribution < 1.29 is 14.3 Å². The van der Waals surface area contributed by atoms with Crippen molar-refractivity contribution in [2.45, 2.75) is 38.7 Å². The van der Waals surface area contributed by atoms with Gasteiger partial charge in [-0.05, 0) is 80.1 Å². The van der Waals surface area contributed by atoms with E-state index < -0.39 is 12.1 Å². The standard InChI is InChI=1S/C20H19ClO3/c1-13(19(22)15-8-10-18(21)11-9-15)24-20(23)17-7-6-14-4-2-3-5-16(14)12-17/h6-13H,2-5H2,1H3/t13-/m0/s1. The molecule has 3 nitrogen and oxygen atoms in total. The van der Waals surface area contributed by atoms with Crippen LogP contribution < -0.4 is 0 Å². The molecule has 24 heavy (non-hydrogen) atoms. The SMILES string of the molecule is C[C@H](OC(=O)c1ccc2c(c1)CCCC2)C(=O)c1ccc(Cl)cc1. The highest BCUT2D eigenvalue weighted by Gasteiger charge is 2.21.